The summed E-state index contributed by atoms with van der Waals surface area (Å²) in [5.41, 5.74) is 2.51. The molecular weight excluding hydrogens is 208 g/mol. The smallest absolute Gasteiger partial charge is 0.208 e. The minimum absolute atomic E-state index is 0.186. The van der Waals surface area contributed by atoms with Crippen LogP contribution in [0.5, 0.6) is 0 Å². The molecule has 0 saturated carbocycles. The highest BCUT2D eigenvalue weighted by molar-refractivity contribution is 8.09. The molecule has 0 radical (unpaired) electrons. The Morgan fingerprint density at radius 2 is 2.27 bits per heavy atom. The van der Waals surface area contributed by atoms with Crippen molar-refractivity contribution >= 4 is 23.1 Å². The predicted molar refractivity (Wildman–Crippen MR) is 62.0 cm³/mol. The van der Waals surface area contributed by atoms with E-state index in [2.05, 4.69) is 17.2 Å². The molecule has 0 aliphatic carbocycles. The van der Waals surface area contributed by atoms with Gasteiger partial charge >= 0.3 is 0 Å². The van der Waals surface area contributed by atoms with Crippen LogP contribution in [-0.2, 0) is 4.79 Å². The summed E-state index contributed by atoms with van der Waals surface area (Å²) in [6, 6.07) is 3.99. The lowest BCUT2D eigenvalue weighted by molar-refractivity contribution is -0.109. The standard InChI is InChI=1S/C11H12N2OS/c1-8-6-10(13-7-14)15-11(8)9-2-4-12-5-3-9/h2-5,7,10H,6H2,1H3,(H,13,14). The quantitative estimate of drug-likeness (QED) is 0.792. The largest absolute Gasteiger partial charge is 0.346 e. The highest BCUT2D eigenvalue weighted by Crippen LogP contribution is 2.42. The number of carbonyl (C=O) groups is 1. The zero-order valence-electron chi connectivity index (χ0n) is 8.43. The maximum atomic E-state index is 10.4. The Bertz CT molecular complexity index is 389. The van der Waals surface area contributed by atoms with Crippen molar-refractivity contribution < 1.29 is 4.79 Å². The monoisotopic (exact) mass is 220 g/mol. The third-order valence-corrected chi connectivity index (χ3v) is 3.74. The maximum absolute atomic E-state index is 10.4. The minimum atomic E-state index is 0.186. The van der Waals surface area contributed by atoms with Crippen LogP contribution < -0.4 is 5.32 Å². The summed E-state index contributed by atoms with van der Waals surface area (Å²) < 4.78 is 0. The molecule has 1 aliphatic rings. The van der Waals surface area contributed by atoms with Crippen LogP contribution in [0, 0.1) is 0 Å². The number of aromatic nitrogens is 1. The van der Waals surface area contributed by atoms with Crippen LogP contribution in [0.2, 0.25) is 0 Å². The van der Waals surface area contributed by atoms with Gasteiger partial charge in [-0.2, -0.15) is 0 Å². The first-order chi connectivity index (χ1) is 7.31. The summed E-state index contributed by atoms with van der Waals surface area (Å²) in [6.07, 6.45) is 5.26. The molecule has 1 atom stereocenters. The van der Waals surface area contributed by atoms with E-state index in [9.17, 15) is 4.79 Å². The molecule has 15 heavy (non-hydrogen) atoms. The molecule has 0 saturated heterocycles. The van der Waals surface area contributed by atoms with Gasteiger partial charge < -0.3 is 5.32 Å². The van der Waals surface area contributed by atoms with E-state index in [1.54, 1.807) is 24.2 Å². The van der Waals surface area contributed by atoms with Gasteiger partial charge in [0.1, 0.15) is 0 Å². The average Bonchev–Trinajstić information content (AvgIpc) is 2.61. The van der Waals surface area contributed by atoms with Gasteiger partial charge in [-0.25, -0.2) is 0 Å². The second-order valence-corrected chi connectivity index (χ2v) is 4.65. The van der Waals surface area contributed by atoms with Gasteiger partial charge in [0.25, 0.3) is 0 Å². The molecule has 78 valence electrons. The van der Waals surface area contributed by atoms with Crippen LogP contribution in [0.1, 0.15) is 18.9 Å². The Balaban J connectivity index is 2.17. The third kappa shape index (κ3) is 2.21. The van der Waals surface area contributed by atoms with Crippen LogP contribution >= 0.6 is 11.8 Å². The van der Waals surface area contributed by atoms with Gasteiger partial charge in [0, 0.05) is 17.3 Å². The van der Waals surface area contributed by atoms with Crippen molar-refractivity contribution in [1.82, 2.24) is 10.3 Å². The van der Waals surface area contributed by atoms with Crippen LogP contribution in [-0.4, -0.2) is 16.8 Å². The topological polar surface area (TPSA) is 42.0 Å². The lowest BCUT2D eigenvalue weighted by atomic mass is 10.1. The molecule has 2 heterocycles. The molecule has 3 nitrogen and oxygen atoms in total. The Labute approximate surface area is 93.0 Å². The Kier molecular flexibility index (Phi) is 3.06. The van der Waals surface area contributed by atoms with Gasteiger partial charge in [-0.3, -0.25) is 9.78 Å². The Morgan fingerprint density at radius 3 is 2.93 bits per heavy atom. The van der Waals surface area contributed by atoms with Crippen LogP contribution in [0.3, 0.4) is 0 Å². The van der Waals surface area contributed by atoms with Crippen molar-refractivity contribution in [2.24, 2.45) is 0 Å². The molecule has 1 unspecified atom stereocenters. The summed E-state index contributed by atoms with van der Waals surface area (Å²) in [4.78, 5) is 15.6. The van der Waals surface area contributed by atoms with Gasteiger partial charge in [0.05, 0.1) is 5.37 Å². The highest BCUT2D eigenvalue weighted by atomic mass is 32.2. The van der Waals surface area contributed by atoms with Crippen molar-refractivity contribution in [3.8, 4) is 0 Å². The number of amides is 1. The highest BCUT2D eigenvalue weighted by Gasteiger charge is 2.22. The van der Waals surface area contributed by atoms with Crippen molar-refractivity contribution in [2.45, 2.75) is 18.7 Å². The molecular formula is C11H12N2OS. The summed E-state index contributed by atoms with van der Waals surface area (Å²) in [6.45, 7) is 2.11. The van der Waals surface area contributed by atoms with E-state index in [1.165, 1.54) is 16.0 Å². The van der Waals surface area contributed by atoms with Gasteiger partial charge in [-0.05, 0) is 31.0 Å². The first-order valence-corrected chi connectivity index (χ1v) is 5.65. The molecule has 1 N–H and O–H groups in total. The third-order valence-electron chi connectivity index (χ3n) is 2.34. The number of hydrogen-bond acceptors (Lipinski definition) is 3. The van der Waals surface area contributed by atoms with Crippen molar-refractivity contribution in [2.75, 3.05) is 0 Å². The summed E-state index contributed by atoms with van der Waals surface area (Å²) in [7, 11) is 0. The fourth-order valence-corrected chi connectivity index (χ4v) is 2.94. The second kappa shape index (κ2) is 4.49. The number of nitrogens with one attached hydrogen (secondary N) is 1. The van der Waals surface area contributed by atoms with Crippen LogP contribution in [0.25, 0.3) is 4.91 Å². The SMILES string of the molecule is CC1=C(c2ccncc2)SC(NC=O)C1. The second-order valence-electron chi connectivity index (χ2n) is 3.44. The molecule has 0 aromatic carbocycles. The van der Waals surface area contributed by atoms with E-state index in [0.717, 1.165) is 12.8 Å². The van der Waals surface area contributed by atoms with E-state index in [-0.39, 0.29) is 5.37 Å². The number of pyridine rings is 1. The lowest BCUT2D eigenvalue weighted by Crippen LogP contribution is -2.21. The molecule has 0 fully saturated rings. The van der Waals surface area contributed by atoms with E-state index >= 15 is 0 Å². The first-order valence-electron chi connectivity index (χ1n) is 4.78. The molecule has 0 bridgehead atoms. The van der Waals surface area contributed by atoms with Gasteiger partial charge in [0.15, 0.2) is 0 Å². The van der Waals surface area contributed by atoms with Crippen LogP contribution in [0.4, 0.5) is 0 Å². The van der Waals surface area contributed by atoms with Crippen molar-refractivity contribution in [3.05, 3.63) is 35.7 Å². The molecule has 1 amide bonds. The first kappa shape index (κ1) is 10.2. The molecule has 2 rings (SSSR count). The maximum Gasteiger partial charge on any atom is 0.208 e. The molecule has 0 spiro atoms. The number of carbonyl (C=O) groups excluding carboxylic acids is 1. The zero-order chi connectivity index (χ0) is 10.7. The van der Waals surface area contributed by atoms with E-state index in [0.29, 0.717) is 0 Å². The van der Waals surface area contributed by atoms with E-state index in [4.69, 9.17) is 0 Å². The van der Waals surface area contributed by atoms with Gasteiger partial charge in [-0.1, -0.05) is 5.57 Å². The fourth-order valence-electron chi connectivity index (χ4n) is 1.64. The summed E-state index contributed by atoms with van der Waals surface area (Å²) >= 11 is 1.71. The van der Waals surface area contributed by atoms with Crippen molar-refractivity contribution in [1.29, 1.82) is 0 Å². The molecule has 1 aromatic rings. The normalized spacial score (nSPS) is 20.5. The fraction of sp³-hybridized carbons (Fsp3) is 0.273. The van der Waals surface area contributed by atoms with Crippen molar-refractivity contribution in [3.63, 3.8) is 0 Å². The predicted octanol–water partition coefficient (Wildman–Crippen LogP) is 2.02. The zero-order valence-corrected chi connectivity index (χ0v) is 9.25. The summed E-state index contributed by atoms with van der Waals surface area (Å²) in [5, 5.41) is 2.99. The van der Waals surface area contributed by atoms with Crippen LogP contribution in [0.15, 0.2) is 30.1 Å². The van der Waals surface area contributed by atoms with Gasteiger partial charge in [-0.15, -0.1) is 11.8 Å². The molecule has 1 aliphatic heterocycles. The molecule has 4 heteroatoms. The number of hydrogen-bond donors (Lipinski definition) is 1. The van der Waals surface area contributed by atoms with Gasteiger partial charge in [0.2, 0.25) is 6.41 Å². The minimum Gasteiger partial charge on any atom is -0.346 e. The number of thioether (sulfide) groups is 1. The molecule has 1 aromatic heterocycles. The average molecular weight is 220 g/mol. The number of rotatable bonds is 3. The van der Waals surface area contributed by atoms with E-state index in [1.807, 2.05) is 12.1 Å². The Morgan fingerprint density at radius 1 is 1.53 bits per heavy atom. The van der Waals surface area contributed by atoms with E-state index < -0.39 is 0 Å². The summed E-state index contributed by atoms with van der Waals surface area (Å²) in [5.74, 6) is 0. The Hall–Kier alpha value is -1.29. The number of nitrogens with zero attached hydrogens (tertiary/aromatic N) is 1. The lowest BCUT2D eigenvalue weighted by Gasteiger charge is -2.07.